The molecule has 0 radical (unpaired) electrons. The average molecular weight is 198 g/mol. The molecule has 14 heavy (non-hydrogen) atoms. The number of rotatable bonds is 3. The van der Waals surface area contributed by atoms with Gasteiger partial charge in [0.2, 0.25) is 0 Å². The van der Waals surface area contributed by atoms with Crippen LogP contribution in [0.5, 0.6) is 0 Å². The third-order valence-corrected chi connectivity index (χ3v) is 1.83. The monoisotopic (exact) mass is 198 g/mol. The van der Waals surface area contributed by atoms with E-state index in [-0.39, 0.29) is 5.69 Å². The van der Waals surface area contributed by atoms with Crippen molar-refractivity contribution in [1.29, 1.82) is 0 Å². The second-order valence-corrected chi connectivity index (χ2v) is 2.87. The maximum Gasteiger partial charge on any atom is 0.338 e. The van der Waals surface area contributed by atoms with Gasteiger partial charge in [-0.05, 0) is 24.7 Å². The standard InChI is InChI=1S/C9H11FN2O2/c1-12-4-5-2-7(10)6(9(13)14)3-8(5)11/h2-3,12H,4,11H2,1H3,(H,13,14). The summed E-state index contributed by atoms with van der Waals surface area (Å²) in [6.07, 6.45) is 0. The van der Waals surface area contributed by atoms with Crippen molar-refractivity contribution in [3.05, 3.63) is 29.1 Å². The Hall–Kier alpha value is -1.62. The van der Waals surface area contributed by atoms with E-state index >= 15 is 0 Å². The van der Waals surface area contributed by atoms with Gasteiger partial charge in [-0.15, -0.1) is 0 Å². The van der Waals surface area contributed by atoms with E-state index in [1.54, 1.807) is 7.05 Å². The molecule has 76 valence electrons. The second-order valence-electron chi connectivity index (χ2n) is 2.87. The molecule has 4 nitrogen and oxygen atoms in total. The topological polar surface area (TPSA) is 75.3 Å². The zero-order chi connectivity index (χ0) is 10.7. The maximum atomic E-state index is 13.1. The number of hydrogen-bond acceptors (Lipinski definition) is 3. The van der Waals surface area contributed by atoms with Crippen molar-refractivity contribution in [2.45, 2.75) is 6.54 Å². The third-order valence-electron chi connectivity index (χ3n) is 1.83. The summed E-state index contributed by atoms with van der Waals surface area (Å²) in [7, 11) is 1.70. The lowest BCUT2D eigenvalue weighted by Gasteiger charge is -2.06. The van der Waals surface area contributed by atoms with Crippen molar-refractivity contribution in [1.82, 2.24) is 5.32 Å². The summed E-state index contributed by atoms with van der Waals surface area (Å²) in [4.78, 5) is 10.5. The number of hydrogen-bond donors (Lipinski definition) is 3. The first-order valence-corrected chi connectivity index (χ1v) is 4.02. The van der Waals surface area contributed by atoms with Gasteiger partial charge in [-0.2, -0.15) is 0 Å². The molecule has 1 aromatic carbocycles. The fourth-order valence-corrected chi connectivity index (χ4v) is 1.14. The van der Waals surface area contributed by atoms with E-state index in [1.165, 1.54) is 0 Å². The van der Waals surface area contributed by atoms with Crippen LogP contribution in [0.1, 0.15) is 15.9 Å². The van der Waals surface area contributed by atoms with Crippen LogP contribution in [0.4, 0.5) is 10.1 Å². The number of nitrogen functional groups attached to an aromatic ring is 1. The molecule has 0 fully saturated rings. The highest BCUT2D eigenvalue weighted by Gasteiger charge is 2.12. The van der Waals surface area contributed by atoms with Gasteiger partial charge in [-0.1, -0.05) is 0 Å². The molecule has 0 spiro atoms. The fourth-order valence-electron chi connectivity index (χ4n) is 1.14. The quantitative estimate of drug-likeness (QED) is 0.629. The first-order chi connectivity index (χ1) is 6.56. The average Bonchev–Trinajstić information content (AvgIpc) is 2.10. The predicted octanol–water partition coefficient (Wildman–Crippen LogP) is 0.826. The number of benzene rings is 1. The Kier molecular flexibility index (Phi) is 3.03. The van der Waals surface area contributed by atoms with Crippen LogP contribution in [0.15, 0.2) is 12.1 Å². The molecule has 0 unspecified atom stereocenters. The lowest BCUT2D eigenvalue weighted by atomic mass is 10.1. The Morgan fingerprint density at radius 2 is 2.29 bits per heavy atom. The van der Waals surface area contributed by atoms with E-state index in [9.17, 15) is 9.18 Å². The zero-order valence-corrected chi connectivity index (χ0v) is 7.67. The molecular weight excluding hydrogens is 187 g/mol. The summed E-state index contributed by atoms with van der Waals surface area (Å²) in [5, 5.41) is 11.4. The van der Waals surface area contributed by atoms with Gasteiger partial charge in [0.1, 0.15) is 5.82 Å². The zero-order valence-electron chi connectivity index (χ0n) is 7.67. The Morgan fingerprint density at radius 1 is 1.64 bits per heavy atom. The van der Waals surface area contributed by atoms with Crippen molar-refractivity contribution in [3.8, 4) is 0 Å². The number of carboxylic acids is 1. The van der Waals surface area contributed by atoms with Crippen molar-refractivity contribution in [3.63, 3.8) is 0 Å². The van der Waals surface area contributed by atoms with Crippen LogP contribution < -0.4 is 11.1 Å². The Bertz CT molecular complexity index is 366. The first-order valence-electron chi connectivity index (χ1n) is 4.02. The lowest BCUT2D eigenvalue weighted by molar-refractivity contribution is 0.0692. The summed E-state index contributed by atoms with van der Waals surface area (Å²) in [5.74, 6) is -2.08. The van der Waals surface area contributed by atoms with E-state index in [0.717, 1.165) is 12.1 Å². The molecule has 0 atom stereocenters. The fraction of sp³-hybridized carbons (Fsp3) is 0.222. The molecule has 1 rings (SSSR count). The van der Waals surface area contributed by atoms with E-state index in [0.29, 0.717) is 12.1 Å². The molecule has 0 aliphatic heterocycles. The molecule has 4 N–H and O–H groups in total. The minimum Gasteiger partial charge on any atom is -0.478 e. The smallest absolute Gasteiger partial charge is 0.338 e. The van der Waals surface area contributed by atoms with E-state index in [4.69, 9.17) is 10.8 Å². The second kappa shape index (κ2) is 4.06. The summed E-state index contributed by atoms with van der Waals surface area (Å²) in [5.41, 5.74) is 5.97. The molecule has 0 aliphatic carbocycles. The van der Waals surface area contributed by atoms with Crippen LogP contribution >= 0.6 is 0 Å². The highest BCUT2D eigenvalue weighted by atomic mass is 19.1. The van der Waals surface area contributed by atoms with Gasteiger partial charge in [-0.3, -0.25) is 0 Å². The van der Waals surface area contributed by atoms with Gasteiger partial charge in [0.05, 0.1) is 5.56 Å². The van der Waals surface area contributed by atoms with Crippen LogP contribution in [-0.2, 0) is 6.54 Å². The van der Waals surface area contributed by atoms with Crippen LogP contribution in [0.2, 0.25) is 0 Å². The molecule has 1 aromatic rings. The lowest BCUT2D eigenvalue weighted by Crippen LogP contribution is -2.10. The number of anilines is 1. The van der Waals surface area contributed by atoms with E-state index in [1.807, 2.05) is 0 Å². The van der Waals surface area contributed by atoms with Crippen molar-refractivity contribution >= 4 is 11.7 Å². The molecule has 0 saturated carbocycles. The van der Waals surface area contributed by atoms with Gasteiger partial charge in [0.25, 0.3) is 0 Å². The van der Waals surface area contributed by atoms with Crippen molar-refractivity contribution in [2.75, 3.05) is 12.8 Å². The number of nitrogens with two attached hydrogens (primary N) is 1. The number of halogens is 1. The van der Waals surface area contributed by atoms with Crippen LogP contribution in [0, 0.1) is 5.82 Å². The van der Waals surface area contributed by atoms with E-state index in [2.05, 4.69) is 5.32 Å². The number of carbonyl (C=O) groups is 1. The Labute approximate surface area is 80.5 Å². The molecule has 0 amide bonds. The number of nitrogens with one attached hydrogen (secondary N) is 1. The van der Waals surface area contributed by atoms with E-state index < -0.39 is 17.3 Å². The summed E-state index contributed by atoms with van der Waals surface area (Å²) in [6.45, 7) is 0.405. The van der Waals surface area contributed by atoms with Gasteiger partial charge in [0.15, 0.2) is 0 Å². The van der Waals surface area contributed by atoms with Crippen molar-refractivity contribution < 1.29 is 14.3 Å². The molecular formula is C9H11FN2O2. The normalized spacial score (nSPS) is 10.1. The minimum absolute atomic E-state index is 0.276. The maximum absolute atomic E-state index is 13.1. The van der Waals surface area contributed by atoms with Gasteiger partial charge in [0, 0.05) is 12.2 Å². The predicted molar refractivity (Wildman–Crippen MR) is 50.5 cm³/mol. The van der Waals surface area contributed by atoms with Crippen LogP contribution in [-0.4, -0.2) is 18.1 Å². The highest BCUT2D eigenvalue weighted by Crippen LogP contribution is 2.17. The summed E-state index contributed by atoms with van der Waals surface area (Å²) < 4.78 is 13.1. The third kappa shape index (κ3) is 2.00. The summed E-state index contributed by atoms with van der Waals surface area (Å²) >= 11 is 0. The highest BCUT2D eigenvalue weighted by molar-refractivity contribution is 5.89. The van der Waals surface area contributed by atoms with Gasteiger partial charge in [-0.25, -0.2) is 9.18 Å². The molecule has 0 aliphatic rings. The molecule has 5 heteroatoms. The molecule has 0 bridgehead atoms. The first kappa shape index (κ1) is 10.5. The molecule has 0 saturated heterocycles. The Balaban J connectivity index is 3.17. The number of aromatic carboxylic acids is 1. The number of carboxylic acid groups (broad SMARTS) is 1. The van der Waals surface area contributed by atoms with Gasteiger partial charge >= 0.3 is 5.97 Å². The molecule has 0 heterocycles. The largest absolute Gasteiger partial charge is 0.478 e. The van der Waals surface area contributed by atoms with Crippen LogP contribution in [0.3, 0.4) is 0 Å². The van der Waals surface area contributed by atoms with Gasteiger partial charge < -0.3 is 16.2 Å². The Morgan fingerprint density at radius 3 is 2.79 bits per heavy atom. The van der Waals surface area contributed by atoms with Crippen LogP contribution in [0.25, 0.3) is 0 Å². The molecule has 0 aromatic heterocycles. The SMILES string of the molecule is CNCc1cc(F)c(C(=O)O)cc1N. The summed E-state index contributed by atoms with van der Waals surface area (Å²) in [6, 6.07) is 2.26. The minimum atomic E-state index is -1.31. The van der Waals surface area contributed by atoms with Crippen molar-refractivity contribution in [2.24, 2.45) is 0 Å².